The van der Waals surface area contributed by atoms with Crippen LogP contribution < -0.4 is 10.1 Å². The van der Waals surface area contributed by atoms with Gasteiger partial charge in [-0.25, -0.2) is 4.98 Å². The number of ether oxygens (including phenoxy) is 1. The zero-order chi connectivity index (χ0) is 20.2. The van der Waals surface area contributed by atoms with E-state index in [2.05, 4.69) is 22.4 Å². The van der Waals surface area contributed by atoms with Gasteiger partial charge in [-0.2, -0.15) is 0 Å². The molecule has 7 heteroatoms. The van der Waals surface area contributed by atoms with Crippen LogP contribution in [0.15, 0.2) is 60.9 Å². The molecule has 1 fully saturated rings. The molecule has 0 radical (unpaired) electrons. The predicted octanol–water partition coefficient (Wildman–Crippen LogP) is 4.43. The molecule has 1 saturated heterocycles. The second kappa shape index (κ2) is 8.97. The number of amides is 1. The number of methoxy groups -OCH3 is 1. The predicted molar refractivity (Wildman–Crippen MR) is 120 cm³/mol. The summed E-state index contributed by atoms with van der Waals surface area (Å²) in [7, 11) is 3.57. The maximum Gasteiger partial charge on any atom is 0.252 e. The van der Waals surface area contributed by atoms with E-state index in [4.69, 9.17) is 4.74 Å². The average Bonchev–Trinajstić information content (AvgIpc) is 3.44. The molecule has 1 aromatic heterocycles. The summed E-state index contributed by atoms with van der Waals surface area (Å²) >= 11 is 3.92. The number of carbonyl (C=O) groups excluding carboxylic acids is 1. The minimum Gasteiger partial charge on any atom is -0.497 e. The summed E-state index contributed by atoms with van der Waals surface area (Å²) in [6.07, 6.45) is 3.62. The summed E-state index contributed by atoms with van der Waals surface area (Å²) < 4.78 is 7.66. The maximum atomic E-state index is 13.0. The van der Waals surface area contributed by atoms with Gasteiger partial charge in [0.05, 0.1) is 11.7 Å². The Kier molecular flexibility index (Phi) is 6.16. The van der Waals surface area contributed by atoms with Crippen LogP contribution in [0.1, 0.15) is 37.9 Å². The third-order valence-electron chi connectivity index (χ3n) is 4.91. The first-order chi connectivity index (χ1) is 14.2. The smallest absolute Gasteiger partial charge is 0.252 e. The number of imidazole rings is 1. The Morgan fingerprint density at radius 1 is 1.14 bits per heavy atom. The van der Waals surface area contributed by atoms with E-state index in [1.807, 2.05) is 77.7 Å². The van der Waals surface area contributed by atoms with Gasteiger partial charge in [0.15, 0.2) is 0 Å². The second-order valence-electron chi connectivity index (χ2n) is 6.77. The zero-order valence-corrected chi connectivity index (χ0v) is 18.0. The van der Waals surface area contributed by atoms with Crippen LogP contribution in [-0.4, -0.2) is 34.1 Å². The number of aryl methyl sites for hydroxylation is 1. The highest BCUT2D eigenvalue weighted by Crippen LogP contribution is 2.45. The first kappa shape index (κ1) is 19.9. The fraction of sp³-hybridized carbons (Fsp3) is 0.273. The summed E-state index contributed by atoms with van der Waals surface area (Å²) in [6, 6.07) is 15.3. The maximum absolute atomic E-state index is 13.0. The molecule has 5 nitrogen and oxygen atoms in total. The molecule has 1 aliphatic heterocycles. The van der Waals surface area contributed by atoms with Gasteiger partial charge < -0.3 is 14.6 Å². The lowest BCUT2D eigenvalue weighted by Crippen LogP contribution is -2.31. The number of nitrogens with one attached hydrogen (secondary N) is 1. The van der Waals surface area contributed by atoms with Crippen molar-refractivity contribution >= 4 is 29.4 Å². The highest BCUT2D eigenvalue weighted by Gasteiger charge is 2.22. The summed E-state index contributed by atoms with van der Waals surface area (Å²) in [5, 5.41) is 3.15. The summed E-state index contributed by atoms with van der Waals surface area (Å²) in [5.41, 5.74) is 2.86. The lowest BCUT2D eigenvalue weighted by Gasteiger charge is -2.20. The number of hydrogen-bond donors (Lipinski definition) is 1. The van der Waals surface area contributed by atoms with Crippen LogP contribution in [0.3, 0.4) is 0 Å². The largest absolute Gasteiger partial charge is 0.497 e. The van der Waals surface area contributed by atoms with Gasteiger partial charge >= 0.3 is 0 Å². The van der Waals surface area contributed by atoms with Crippen molar-refractivity contribution in [3.05, 3.63) is 83.4 Å². The van der Waals surface area contributed by atoms with Crippen LogP contribution in [0.2, 0.25) is 0 Å². The van der Waals surface area contributed by atoms with E-state index < -0.39 is 0 Å². The van der Waals surface area contributed by atoms with Crippen molar-refractivity contribution in [3.63, 3.8) is 0 Å². The Morgan fingerprint density at radius 3 is 2.41 bits per heavy atom. The van der Waals surface area contributed by atoms with Gasteiger partial charge in [-0.15, -0.1) is 23.5 Å². The van der Waals surface area contributed by atoms with Crippen LogP contribution in [0, 0.1) is 0 Å². The Bertz CT molecular complexity index is 964. The molecule has 1 N–H and O–H groups in total. The van der Waals surface area contributed by atoms with Crippen molar-refractivity contribution in [2.45, 2.75) is 10.6 Å². The highest BCUT2D eigenvalue weighted by atomic mass is 32.2. The average molecular weight is 426 g/mol. The van der Waals surface area contributed by atoms with Crippen LogP contribution in [-0.2, 0) is 7.05 Å². The molecule has 0 aliphatic carbocycles. The second-order valence-corrected chi connectivity index (χ2v) is 9.50. The highest BCUT2D eigenvalue weighted by molar-refractivity contribution is 8.19. The van der Waals surface area contributed by atoms with Crippen LogP contribution in [0.25, 0.3) is 0 Å². The summed E-state index contributed by atoms with van der Waals surface area (Å²) in [6.45, 7) is 0. The van der Waals surface area contributed by atoms with Crippen molar-refractivity contribution < 1.29 is 9.53 Å². The first-order valence-electron chi connectivity index (χ1n) is 9.41. The van der Waals surface area contributed by atoms with Gasteiger partial charge in [0.1, 0.15) is 17.6 Å². The summed E-state index contributed by atoms with van der Waals surface area (Å²) in [4.78, 5) is 17.5. The molecule has 0 bridgehead atoms. The van der Waals surface area contributed by atoms with E-state index in [0.29, 0.717) is 10.1 Å². The number of hydrogen-bond acceptors (Lipinski definition) is 5. The van der Waals surface area contributed by atoms with Crippen molar-refractivity contribution in [1.29, 1.82) is 0 Å². The van der Waals surface area contributed by atoms with Crippen molar-refractivity contribution in [1.82, 2.24) is 14.9 Å². The van der Waals surface area contributed by atoms with E-state index in [1.165, 1.54) is 17.1 Å². The number of nitrogens with zero attached hydrogens (tertiary/aromatic N) is 2. The third kappa shape index (κ3) is 4.46. The van der Waals surface area contributed by atoms with E-state index in [0.717, 1.165) is 17.1 Å². The Hall–Kier alpha value is -2.38. The molecular formula is C22H23N3O2S2. The normalized spacial score (nSPS) is 15.2. The van der Waals surface area contributed by atoms with Crippen LogP contribution in [0.5, 0.6) is 5.75 Å². The van der Waals surface area contributed by atoms with Gasteiger partial charge in [-0.3, -0.25) is 4.79 Å². The van der Waals surface area contributed by atoms with Gasteiger partial charge in [0.25, 0.3) is 5.91 Å². The minimum atomic E-state index is -0.353. The van der Waals surface area contributed by atoms with Crippen molar-refractivity contribution in [2.75, 3.05) is 18.6 Å². The fourth-order valence-electron chi connectivity index (χ4n) is 3.31. The lowest BCUT2D eigenvalue weighted by atomic mass is 10.0. The molecular weight excluding hydrogens is 402 g/mol. The molecule has 0 spiro atoms. The van der Waals surface area contributed by atoms with E-state index in [9.17, 15) is 4.79 Å². The molecule has 1 unspecified atom stereocenters. The quantitative estimate of drug-likeness (QED) is 0.633. The third-order valence-corrected chi connectivity index (χ3v) is 8.01. The molecule has 1 atom stereocenters. The van der Waals surface area contributed by atoms with Gasteiger partial charge in [0, 0.05) is 36.5 Å². The fourth-order valence-corrected chi connectivity index (χ4v) is 6.16. The van der Waals surface area contributed by atoms with E-state index in [-0.39, 0.29) is 11.9 Å². The minimum absolute atomic E-state index is 0.118. The summed E-state index contributed by atoms with van der Waals surface area (Å²) in [5.74, 6) is 3.80. The molecule has 150 valence electrons. The number of aromatic nitrogens is 2. The van der Waals surface area contributed by atoms with E-state index >= 15 is 0 Å². The van der Waals surface area contributed by atoms with Crippen molar-refractivity contribution in [2.24, 2.45) is 7.05 Å². The number of benzene rings is 2. The molecule has 4 rings (SSSR count). The zero-order valence-electron chi connectivity index (χ0n) is 16.4. The number of thioether (sulfide) groups is 2. The SMILES string of the molecule is COc1ccc(C(NC(=O)c2ccc(C3SCCS3)cc2)c2nccn2C)cc1. The topological polar surface area (TPSA) is 56.1 Å². The Morgan fingerprint density at radius 2 is 1.83 bits per heavy atom. The Labute approximate surface area is 179 Å². The molecule has 1 aliphatic rings. The number of carbonyl (C=O) groups is 1. The lowest BCUT2D eigenvalue weighted by molar-refractivity contribution is 0.0941. The standard InChI is InChI=1S/C22H23N3O2S2/c1-25-12-11-23-20(25)19(15-7-9-18(27-2)10-8-15)24-21(26)16-3-5-17(6-4-16)22-28-13-14-29-22/h3-12,19,22H,13-14H2,1-2H3,(H,24,26). The van der Waals surface area contributed by atoms with Crippen LogP contribution >= 0.6 is 23.5 Å². The molecule has 3 aromatic rings. The molecule has 1 amide bonds. The molecule has 2 aromatic carbocycles. The van der Waals surface area contributed by atoms with Crippen LogP contribution in [0.4, 0.5) is 0 Å². The van der Waals surface area contributed by atoms with Crippen molar-refractivity contribution in [3.8, 4) is 5.75 Å². The van der Waals surface area contributed by atoms with E-state index in [1.54, 1.807) is 13.3 Å². The van der Waals surface area contributed by atoms with Gasteiger partial charge in [0.2, 0.25) is 0 Å². The first-order valence-corrected chi connectivity index (χ1v) is 11.5. The molecule has 0 saturated carbocycles. The monoisotopic (exact) mass is 425 g/mol. The van der Waals surface area contributed by atoms with Gasteiger partial charge in [-0.05, 0) is 35.4 Å². The molecule has 29 heavy (non-hydrogen) atoms. The Balaban J connectivity index is 1.56. The van der Waals surface area contributed by atoms with Gasteiger partial charge in [-0.1, -0.05) is 24.3 Å². The molecule has 2 heterocycles. The number of rotatable bonds is 6.